The smallest absolute Gasteiger partial charge is 0.262 e. The number of benzene rings is 2. The number of fused-ring (bicyclic) bond motifs is 2. The number of nitrogens with zero attached hydrogens (tertiary/aromatic N) is 1. The molecule has 4 rings (SSSR count). The molecule has 2 aliphatic rings. The molecule has 0 aromatic heterocycles. The molecule has 2 aromatic rings. The third kappa shape index (κ3) is 2.00. The van der Waals surface area contributed by atoms with Crippen molar-refractivity contribution in [2.45, 2.75) is 19.0 Å². The predicted octanol–water partition coefficient (Wildman–Crippen LogP) is 2.10. The summed E-state index contributed by atoms with van der Waals surface area (Å²) in [6.07, 6.45) is 0. The summed E-state index contributed by atoms with van der Waals surface area (Å²) >= 11 is 0. The number of nitrogens with one attached hydrogen (secondary N) is 2. The highest BCUT2D eigenvalue weighted by Gasteiger charge is 2.45. The number of rotatable bonds is 1. The molecular weight excluding hydrogens is 306 g/mol. The molecule has 0 fully saturated rings. The Kier molecular flexibility index (Phi) is 3.13. The maximum absolute atomic E-state index is 12.7. The summed E-state index contributed by atoms with van der Waals surface area (Å²) in [5.74, 6) is -1.25. The number of carbonyl (C=O) groups is 3. The van der Waals surface area contributed by atoms with Crippen LogP contribution >= 0.6 is 0 Å². The van der Waals surface area contributed by atoms with Crippen LogP contribution < -0.4 is 10.6 Å². The van der Waals surface area contributed by atoms with Gasteiger partial charge in [-0.05, 0) is 31.2 Å². The first-order valence-electron chi connectivity index (χ1n) is 7.71. The van der Waals surface area contributed by atoms with Crippen molar-refractivity contribution in [3.63, 3.8) is 0 Å². The topological polar surface area (TPSA) is 78.5 Å². The molecule has 120 valence electrons. The van der Waals surface area contributed by atoms with Crippen LogP contribution in [0.5, 0.6) is 0 Å². The highest BCUT2D eigenvalue weighted by molar-refractivity contribution is 6.23. The Morgan fingerprint density at radius 1 is 0.833 bits per heavy atom. The minimum absolute atomic E-state index is 0.337. The van der Waals surface area contributed by atoms with E-state index in [4.69, 9.17) is 0 Å². The lowest BCUT2D eigenvalue weighted by molar-refractivity contribution is -0.120. The van der Waals surface area contributed by atoms with E-state index in [2.05, 4.69) is 10.6 Å². The fourth-order valence-corrected chi connectivity index (χ4v) is 3.28. The lowest BCUT2D eigenvalue weighted by Gasteiger charge is -2.28. The lowest BCUT2D eigenvalue weighted by atomic mass is 10.1. The highest BCUT2D eigenvalue weighted by Crippen LogP contribution is 2.31. The summed E-state index contributed by atoms with van der Waals surface area (Å²) in [5, 5.41) is 6.02. The van der Waals surface area contributed by atoms with E-state index < -0.39 is 23.9 Å². The molecule has 2 aromatic carbocycles. The van der Waals surface area contributed by atoms with Gasteiger partial charge in [-0.3, -0.25) is 19.3 Å². The quantitative estimate of drug-likeness (QED) is 0.789. The van der Waals surface area contributed by atoms with Crippen molar-refractivity contribution in [1.29, 1.82) is 0 Å². The van der Waals surface area contributed by atoms with E-state index in [0.29, 0.717) is 16.8 Å². The summed E-state index contributed by atoms with van der Waals surface area (Å²) in [6, 6.07) is 12.6. The van der Waals surface area contributed by atoms with Gasteiger partial charge in [0.25, 0.3) is 11.8 Å². The van der Waals surface area contributed by atoms with E-state index >= 15 is 0 Å². The molecular formula is C18H15N3O3. The van der Waals surface area contributed by atoms with E-state index in [9.17, 15) is 14.4 Å². The van der Waals surface area contributed by atoms with E-state index in [1.54, 1.807) is 37.3 Å². The van der Waals surface area contributed by atoms with Gasteiger partial charge in [-0.2, -0.15) is 0 Å². The normalized spacial score (nSPS) is 22.4. The second kappa shape index (κ2) is 5.19. The largest absolute Gasteiger partial charge is 0.378 e. The van der Waals surface area contributed by atoms with Gasteiger partial charge >= 0.3 is 0 Å². The summed E-state index contributed by atoms with van der Waals surface area (Å²) in [5.41, 5.74) is 2.07. The molecule has 0 bridgehead atoms. The van der Waals surface area contributed by atoms with E-state index in [1.807, 2.05) is 18.2 Å². The van der Waals surface area contributed by atoms with Crippen molar-refractivity contribution in [2.75, 3.05) is 10.6 Å². The van der Waals surface area contributed by atoms with Gasteiger partial charge in [0, 0.05) is 0 Å². The second-order valence-electron chi connectivity index (χ2n) is 5.94. The Bertz CT molecular complexity index is 842. The van der Waals surface area contributed by atoms with E-state index in [0.717, 1.165) is 10.6 Å². The molecule has 2 atom stereocenters. The maximum Gasteiger partial charge on any atom is 0.262 e. The van der Waals surface area contributed by atoms with Crippen LogP contribution in [-0.4, -0.2) is 34.7 Å². The maximum atomic E-state index is 12.7. The molecule has 0 saturated carbocycles. The summed E-state index contributed by atoms with van der Waals surface area (Å²) in [6.45, 7) is 1.79. The molecule has 6 nitrogen and oxygen atoms in total. The minimum atomic E-state index is -0.926. The average Bonchev–Trinajstić information content (AvgIpc) is 2.74. The van der Waals surface area contributed by atoms with Gasteiger partial charge in [0.15, 0.2) is 0 Å². The number of hydrogen-bond donors (Lipinski definition) is 2. The summed E-state index contributed by atoms with van der Waals surface area (Å²) in [7, 11) is 0. The molecule has 2 unspecified atom stereocenters. The van der Waals surface area contributed by atoms with Gasteiger partial charge in [0.2, 0.25) is 5.91 Å². The Hall–Kier alpha value is -3.15. The first kappa shape index (κ1) is 14.4. The Labute approximate surface area is 138 Å². The van der Waals surface area contributed by atoms with Gasteiger partial charge in [-0.25, -0.2) is 0 Å². The molecule has 2 aliphatic heterocycles. The molecule has 2 heterocycles. The first-order valence-corrected chi connectivity index (χ1v) is 7.71. The minimum Gasteiger partial charge on any atom is -0.378 e. The highest BCUT2D eigenvalue weighted by atomic mass is 16.2. The third-order valence-corrected chi connectivity index (χ3v) is 4.41. The third-order valence-electron chi connectivity index (χ3n) is 4.41. The summed E-state index contributed by atoms with van der Waals surface area (Å²) < 4.78 is 0. The molecule has 6 heteroatoms. The van der Waals surface area contributed by atoms with Crippen LogP contribution in [0.2, 0.25) is 0 Å². The second-order valence-corrected chi connectivity index (χ2v) is 5.94. The van der Waals surface area contributed by atoms with Gasteiger partial charge < -0.3 is 10.6 Å². The van der Waals surface area contributed by atoms with Crippen LogP contribution in [0.4, 0.5) is 11.4 Å². The van der Waals surface area contributed by atoms with Gasteiger partial charge in [0.05, 0.1) is 28.5 Å². The SMILES string of the molecule is CC1Nc2ccccc2NC(=O)C1N1C(=O)c2ccccc2C1=O. The lowest BCUT2D eigenvalue weighted by Crippen LogP contribution is -2.53. The number of imide groups is 1. The van der Waals surface area contributed by atoms with Gasteiger partial charge in [-0.15, -0.1) is 0 Å². The zero-order chi connectivity index (χ0) is 16.8. The predicted molar refractivity (Wildman–Crippen MR) is 88.9 cm³/mol. The first-order chi connectivity index (χ1) is 11.6. The van der Waals surface area contributed by atoms with Crippen LogP contribution in [0.3, 0.4) is 0 Å². The van der Waals surface area contributed by atoms with Crippen LogP contribution in [0, 0.1) is 0 Å². The Morgan fingerprint density at radius 2 is 1.38 bits per heavy atom. The fourth-order valence-electron chi connectivity index (χ4n) is 3.28. The van der Waals surface area contributed by atoms with Crippen molar-refractivity contribution in [3.8, 4) is 0 Å². The number of carbonyl (C=O) groups excluding carboxylic acids is 3. The van der Waals surface area contributed by atoms with Crippen molar-refractivity contribution in [2.24, 2.45) is 0 Å². The van der Waals surface area contributed by atoms with Gasteiger partial charge in [0.1, 0.15) is 6.04 Å². The molecule has 0 aliphatic carbocycles. The molecule has 2 N–H and O–H groups in total. The van der Waals surface area contributed by atoms with Crippen molar-refractivity contribution < 1.29 is 14.4 Å². The molecule has 3 amide bonds. The number of para-hydroxylation sites is 2. The van der Waals surface area contributed by atoms with Gasteiger partial charge in [-0.1, -0.05) is 24.3 Å². The van der Waals surface area contributed by atoms with Crippen LogP contribution in [0.1, 0.15) is 27.6 Å². The van der Waals surface area contributed by atoms with Crippen molar-refractivity contribution in [1.82, 2.24) is 4.90 Å². The number of amides is 3. The molecule has 0 saturated heterocycles. The zero-order valence-corrected chi connectivity index (χ0v) is 12.9. The molecule has 0 spiro atoms. The zero-order valence-electron chi connectivity index (χ0n) is 12.9. The summed E-state index contributed by atoms with van der Waals surface area (Å²) in [4.78, 5) is 39.1. The standard InChI is InChI=1S/C18H15N3O3/c1-10-15(16(22)20-14-9-5-4-8-13(14)19-10)21-17(23)11-6-2-3-7-12(11)18(21)24/h2-10,15,19H,1H3,(H,20,22). The fraction of sp³-hybridized carbons (Fsp3) is 0.167. The van der Waals surface area contributed by atoms with E-state index in [1.165, 1.54) is 0 Å². The Balaban J connectivity index is 1.74. The van der Waals surface area contributed by atoms with Crippen LogP contribution in [0.15, 0.2) is 48.5 Å². The van der Waals surface area contributed by atoms with Crippen molar-refractivity contribution in [3.05, 3.63) is 59.7 Å². The average molecular weight is 321 g/mol. The monoisotopic (exact) mass is 321 g/mol. The Morgan fingerprint density at radius 3 is 2.00 bits per heavy atom. The van der Waals surface area contributed by atoms with E-state index in [-0.39, 0.29) is 5.91 Å². The van der Waals surface area contributed by atoms with Crippen LogP contribution in [-0.2, 0) is 4.79 Å². The van der Waals surface area contributed by atoms with Crippen LogP contribution in [0.25, 0.3) is 0 Å². The number of hydrogen-bond acceptors (Lipinski definition) is 4. The number of anilines is 2. The molecule has 24 heavy (non-hydrogen) atoms. The van der Waals surface area contributed by atoms with Crippen molar-refractivity contribution >= 4 is 29.1 Å². The molecule has 0 radical (unpaired) electrons.